The molecule has 0 unspecified atom stereocenters. The second-order valence-corrected chi connectivity index (χ2v) is 5.22. The average Bonchev–Trinajstić information content (AvgIpc) is 2.76. The van der Waals surface area contributed by atoms with Gasteiger partial charge in [-0.3, -0.25) is 4.79 Å². The maximum Gasteiger partial charge on any atom is 0.243 e. The van der Waals surface area contributed by atoms with Crippen molar-refractivity contribution >= 4 is 17.3 Å². The molecule has 1 aliphatic rings. The van der Waals surface area contributed by atoms with Crippen molar-refractivity contribution in [3.8, 4) is 0 Å². The van der Waals surface area contributed by atoms with Crippen molar-refractivity contribution in [3.05, 3.63) is 60.2 Å². The highest BCUT2D eigenvalue weighted by Gasteiger charge is 2.26. The third-order valence-electron chi connectivity index (χ3n) is 3.72. The predicted molar refractivity (Wildman–Crippen MR) is 82.0 cm³/mol. The fourth-order valence-corrected chi connectivity index (χ4v) is 2.75. The van der Waals surface area contributed by atoms with E-state index in [1.807, 2.05) is 36.4 Å². The van der Waals surface area contributed by atoms with Gasteiger partial charge >= 0.3 is 0 Å². The van der Waals surface area contributed by atoms with E-state index in [2.05, 4.69) is 35.3 Å². The summed E-state index contributed by atoms with van der Waals surface area (Å²) in [6, 6.07) is 18.3. The predicted octanol–water partition coefficient (Wildman–Crippen LogP) is 3.08. The summed E-state index contributed by atoms with van der Waals surface area (Å²) in [4.78, 5) is 14.3. The number of rotatable bonds is 3. The molecule has 1 aliphatic heterocycles. The van der Waals surface area contributed by atoms with Gasteiger partial charge in [-0.15, -0.1) is 0 Å². The fourth-order valence-electron chi connectivity index (χ4n) is 2.75. The van der Waals surface area contributed by atoms with Crippen molar-refractivity contribution in [2.24, 2.45) is 0 Å². The summed E-state index contributed by atoms with van der Waals surface area (Å²) in [7, 11) is 0. The molecule has 0 bridgehead atoms. The van der Waals surface area contributed by atoms with Crippen LogP contribution in [0.4, 0.5) is 11.4 Å². The monoisotopic (exact) mass is 266 g/mol. The normalized spacial score (nSPS) is 16.9. The van der Waals surface area contributed by atoms with E-state index in [4.69, 9.17) is 0 Å². The van der Waals surface area contributed by atoms with Gasteiger partial charge in [-0.1, -0.05) is 36.4 Å². The molecule has 0 spiro atoms. The lowest BCUT2D eigenvalue weighted by molar-refractivity contribution is -0.115. The van der Waals surface area contributed by atoms with Crippen LogP contribution in [0.1, 0.15) is 12.5 Å². The summed E-state index contributed by atoms with van der Waals surface area (Å²) >= 11 is 0. The number of amides is 1. The van der Waals surface area contributed by atoms with Crippen molar-refractivity contribution in [2.75, 3.05) is 16.8 Å². The maximum atomic E-state index is 12.2. The first-order valence-corrected chi connectivity index (χ1v) is 6.93. The number of carbonyl (C=O) groups is 1. The molecule has 3 heteroatoms. The van der Waals surface area contributed by atoms with Crippen LogP contribution >= 0.6 is 0 Å². The first kappa shape index (κ1) is 12.7. The summed E-state index contributed by atoms with van der Waals surface area (Å²) in [6.45, 7) is 2.56. The molecule has 2 aromatic carbocycles. The Balaban J connectivity index is 1.70. The summed E-state index contributed by atoms with van der Waals surface area (Å²) in [5, 5.41) is 2.94. The lowest BCUT2D eigenvalue weighted by Crippen LogP contribution is -2.37. The lowest BCUT2D eigenvalue weighted by Gasteiger charge is -2.24. The van der Waals surface area contributed by atoms with E-state index in [-0.39, 0.29) is 5.91 Å². The topological polar surface area (TPSA) is 32.3 Å². The number of hydrogen-bond donors (Lipinski definition) is 1. The molecule has 102 valence electrons. The van der Waals surface area contributed by atoms with Crippen LogP contribution in [0.3, 0.4) is 0 Å². The van der Waals surface area contributed by atoms with Gasteiger partial charge in [-0.05, 0) is 37.1 Å². The molecule has 1 atom stereocenters. The number of para-hydroxylation sites is 2. The van der Waals surface area contributed by atoms with Crippen LogP contribution in [0.25, 0.3) is 0 Å². The summed E-state index contributed by atoms with van der Waals surface area (Å²) < 4.78 is 0. The number of benzene rings is 2. The number of fused-ring (bicyclic) bond motifs is 1. The second kappa shape index (κ2) is 5.37. The van der Waals surface area contributed by atoms with E-state index < -0.39 is 0 Å². The van der Waals surface area contributed by atoms with Crippen molar-refractivity contribution < 1.29 is 4.79 Å². The first-order chi connectivity index (χ1) is 9.74. The van der Waals surface area contributed by atoms with E-state index in [1.165, 1.54) is 11.3 Å². The third kappa shape index (κ3) is 2.52. The van der Waals surface area contributed by atoms with Crippen LogP contribution in [-0.4, -0.2) is 18.5 Å². The van der Waals surface area contributed by atoms with Crippen LogP contribution in [0.2, 0.25) is 0 Å². The summed E-state index contributed by atoms with van der Waals surface area (Å²) in [5.74, 6) is 0.0275. The zero-order valence-corrected chi connectivity index (χ0v) is 11.5. The third-order valence-corrected chi connectivity index (χ3v) is 3.72. The van der Waals surface area contributed by atoms with Crippen LogP contribution < -0.4 is 10.2 Å². The molecule has 3 rings (SSSR count). The van der Waals surface area contributed by atoms with Crippen LogP contribution in [0.5, 0.6) is 0 Å². The molecule has 3 nitrogen and oxygen atoms in total. The van der Waals surface area contributed by atoms with E-state index in [0.717, 1.165) is 12.1 Å². The van der Waals surface area contributed by atoms with Crippen LogP contribution in [-0.2, 0) is 11.2 Å². The Kier molecular flexibility index (Phi) is 3.42. The molecule has 0 fully saturated rings. The van der Waals surface area contributed by atoms with Crippen molar-refractivity contribution in [1.82, 2.24) is 0 Å². The minimum atomic E-state index is 0.0275. The number of anilines is 2. The second-order valence-electron chi connectivity index (χ2n) is 5.22. The van der Waals surface area contributed by atoms with Gasteiger partial charge in [0.25, 0.3) is 0 Å². The highest BCUT2D eigenvalue weighted by atomic mass is 16.2. The van der Waals surface area contributed by atoms with Gasteiger partial charge in [0.15, 0.2) is 0 Å². The highest BCUT2D eigenvalue weighted by molar-refractivity contribution is 5.94. The standard InChI is InChI=1S/C17H18N2O/c1-13-11-14-7-5-6-10-16(14)19(13)12-17(20)18-15-8-3-2-4-9-15/h2-10,13H,11-12H2,1H3,(H,18,20)/t13-/m1/s1. The molecule has 20 heavy (non-hydrogen) atoms. The van der Waals surface area contributed by atoms with Gasteiger partial charge < -0.3 is 10.2 Å². The zero-order valence-electron chi connectivity index (χ0n) is 11.5. The molecule has 0 saturated carbocycles. The average molecular weight is 266 g/mol. The zero-order chi connectivity index (χ0) is 13.9. The molecule has 2 aromatic rings. The molecule has 0 aliphatic carbocycles. The minimum Gasteiger partial charge on any atom is -0.359 e. The van der Waals surface area contributed by atoms with Crippen molar-refractivity contribution in [1.29, 1.82) is 0 Å². The Morgan fingerprint density at radius 1 is 1.15 bits per heavy atom. The highest BCUT2D eigenvalue weighted by Crippen LogP contribution is 2.31. The van der Waals surface area contributed by atoms with Crippen molar-refractivity contribution in [2.45, 2.75) is 19.4 Å². The Labute approximate surface area is 119 Å². The van der Waals surface area contributed by atoms with E-state index in [1.54, 1.807) is 0 Å². The largest absolute Gasteiger partial charge is 0.359 e. The van der Waals surface area contributed by atoms with Crippen LogP contribution in [0.15, 0.2) is 54.6 Å². The summed E-state index contributed by atoms with van der Waals surface area (Å²) in [5.41, 5.74) is 3.35. The first-order valence-electron chi connectivity index (χ1n) is 6.93. The van der Waals surface area contributed by atoms with Gasteiger partial charge in [0, 0.05) is 17.4 Å². The number of nitrogens with zero attached hydrogens (tertiary/aromatic N) is 1. The quantitative estimate of drug-likeness (QED) is 0.926. The van der Waals surface area contributed by atoms with E-state index in [0.29, 0.717) is 12.6 Å². The number of nitrogens with one attached hydrogen (secondary N) is 1. The van der Waals surface area contributed by atoms with Crippen molar-refractivity contribution in [3.63, 3.8) is 0 Å². The molecule has 0 aromatic heterocycles. The Hall–Kier alpha value is -2.29. The molecule has 0 radical (unpaired) electrons. The van der Waals surface area contributed by atoms with Crippen LogP contribution in [0, 0.1) is 0 Å². The Morgan fingerprint density at radius 3 is 2.65 bits per heavy atom. The minimum absolute atomic E-state index is 0.0275. The molecule has 1 N–H and O–H groups in total. The number of carbonyl (C=O) groups excluding carboxylic acids is 1. The lowest BCUT2D eigenvalue weighted by atomic mass is 10.1. The molecule has 1 heterocycles. The smallest absolute Gasteiger partial charge is 0.243 e. The molecule has 0 saturated heterocycles. The Morgan fingerprint density at radius 2 is 1.85 bits per heavy atom. The SMILES string of the molecule is C[C@@H]1Cc2ccccc2N1CC(=O)Nc1ccccc1. The van der Waals surface area contributed by atoms with Gasteiger partial charge in [-0.25, -0.2) is 0 Å². The summed E-state index contributed by atoms with van der Waals surface area (Å²) in [6.07, 6.45) is 1.01. The molecular formula is C17H18N2O. The van der Waals surface area contributed by atoms with E-state index in [9.17, 15) is 4.79 Å². The molecular weight excluding hydrogens is 248 g/mol. The van der Waals surface area contributed by atoms with Gasteiger partial charge in [0.05, 0.1) is 6.54 Å². The Bertz CT molecular complexity index is 609. The maximum absolute atomic E-state index is 12.2. The van der Waals surface area contributed by atoms with E-state index >= 15 is 0 Å². The van der Waals surface area contributed by atoms with Gasteiger partial charge in [0.1, 0.15) is 0 Å². The number of hydrogen-bond acceptors (Lipinski definition) is 2. The van der Waals surface area contributed by atoms with Gasteiger partial charge in [-0.2, -0.15) is 0 Å². The van der Waals surface area contributed by atoms with Gasteiger partial charge in [0.2, 0.25) is 5.91 Å². The molecule has 1 amide bonds. The fraction of sp³-hybridized carbons (Fsp3) is 0.235.